The fraction of sp³-hybridized carbons (Fsp3) is 0.200. The fourth-order valence-electron chi connectivity index (χ4n) is 1.93. The van der Waals surface area contributed by atoms with Crippen LogP contribution in [0.1, 0.15) is 21.1 Å². The van der Waals surface area contributed by atoms with Gasteiger partial charge in [0.05, 0.1) is 28.1 Å². The van der Waals surface area contributed by atoms with Gasteiger partial charge in [0.1, 0.15) is 11.3 Å². The minimum absolute atomic E-state index is 0.323. The molecule has 4 nitrogen and oxygen atoms in total. The van der Waals surface area contributed by atoms with E-state index >= 15 is 0 Å². The van der Waals surface area contributed by atoms with Crippen LogP contribution in [0.5, 0.6) is 0 Å². The van der Waals surface area contributed by atoms with Crippen LogP contribution in [0, 0.1) is 6.92 Å². The van der Waals surface area contributed by atoms with E-state index < -0.39 is 0 Å². The van der Waals surface area contributed by atoms with E-state index in [-0.39, 0.29) is 5.97 Å². The number of aryl methyl sites for hydroxylation is 1. The monoisotopic (exact) mass is 287 g/mol. The van der Waals surface area contributed by atoms with Crippen molar-refractivity contribution in [3.05, 3.63) is 52.9 Å². The third-order valence-electron chi connectivity index (χ3n) is 2.97. The van der Waals surface area contributed by atoms with Gasteiger partial charge in [-0.05, 0) is 25.1 Å². The van der Waals surface area contributed by atoms with Crippen LogP contribution in [-0.4, -0.2) is 17.6 Å². The number of benzene rings is 1. The molecule has 2 aromatic heterocycles. The zero-order valence-corrected chi connectivity index (χ0v) is 11.8. The lowest BCUT2D eigenvalue weighted by Crippen LogP contribution is -2.08. The van der Waals surface area contributed by atoms with Gasteiger partial charge in [0.25, 0.3) is 0 Å². The average Bonchev–Trinajstić information content (AvgIpc) is 3.04. The van der Waals surface area contributed by atoms with Crippen molar-refractivity contribution < 1.29 is 13.9 Å². The maximum absolute atomic E-state index is 11.8. The highest BCUT2D eigenvalue weighted by molar-refractivity contribution is 7.18. The number of furan rings is 1. The summed E-state index contributed by atoms with van der Waals surface area (Å²) in [4.78, 5) is 16.3. The second kappa shape index (κ2) is 5.46. The van der Waals surface area contributed by atoms with Crippen molar-refractivity contribution in [1.82, 2.24) is 4.98 Å². The normalized spacial score (nSPS) is 10.8. The summed E-state index contributed by atoms with van der Waals surface area (Å²) in [5.74, 6) is 0.229. The van der Waals surface area contributed by atoms with E-state index in [0.29, 0.717) is 24.4 Å². The summed E-state index contributed by atoms with van der Waals surface area (Å²) in [6, 6.07) is 9.60. The molecule has 0 saturated heterocycles. The second-order valence-corrected chi connectivity index (χ2v) is 5.47. The maximum Gasteiger partial charge on any atom is 0.341 e. The zero-order chi connectivity index (χ0) is 13.9. The van der Waals surface area contributed by atoms with Gasteiger partial charge in [-0.25, -0.2) is 9.78 Å². The molecule has 0 atom stereocenters. The van der Waals surface area contributed by atoms with Crippen molar-refractivity contribution in [3.8, 4) is 0 Å². The summed E-state index contributed by atoms with van der Waals surface area (Å²) in [7, 11) is 0. The molecule has 0 aliphatic heterocycles. The molecule has 0 aliphatic carbocycles. The number of carbonyl (C=O) groups excluding carboxylic acids is 1. The third-order valence-corrected chi connectivity index (χ3v) is 4.06. The van der Waals surface area contributed by atoms with Gasteiger partial charge in [0.2, 0.25) is 0 Å². The highest BCUT2D eigenvalue weighted by atomic mass is 32.1. The first-order valence-electron chi connectivity index (χ1n) is 6.30. The quantitative estimate of drug-likeness (QED) is 0.688. The van der Waals surface area contributed by atoms with Crippen molar-refractivity contribution in [1.29, 1.82) is 0 Å². The Labute approximate surface area is 120 Å². The Morgan fingerprint density at radius 3 is 2.95 bits per heavy atom. The van der Waals surface area contributed by atoms with Crippen LogP contribution < -0.4 is 0 Å². The van der Waals surface area contributed by atoms with E-state index in [1.54, 1.807) is 24.3 Å². The fourth-order valence-corrected chi connectivity index (χ4v) is 2.88. The Bertz CT molecular complexity index is 711. The highest BCUT2D eigenvalue weighted by Gasteiger charge is 2.13. The Hall–Kier alpha value is -2.14. The smallest absolute Gasteiger partial charge is 0.341 e. The molecule has 2 heterocycles. The van der Waals surface area contributed by atoms with Crippen LogP contribution in [0.4, 0.5) is 0 Å². The number of hydrogen-bond donors (Lipinski definition) is 0. The molecule has 102 valence electrons. The van der Waals surface area contributed by atoms with E-state index in [4.69, 9.17) is 9.15 Å². The lowest BCUT2D eigenvalue weighted by atomic mass is 10.3. The van der Waals surface area contributed by atoms with Gasteiger partial charge < -0.3 is 9.15 Å². The van der Waals surface area contributed by atoms with Gasteiger partial charge in [-0.2, -0.15) is 0 Å². The minimum Gasteiger partial charge on any atom is -0.469 e. The first-order valence-corrected chi connectivity index (χ1v) is 7.11. The SMILES string of the molecule is Cc1occc1C(=O)OCCc1nc2ccccc2s1. The second-order valence-electron chi connectivity index (χ2n) is 4.35. The number of rotatable bonds is 4. The first kappa shape index (κ1) is 12.9. The van der Waals surface area contributed by atoms with Crippen LogP contribution in [0.3, 0.4) is 0 Å². The van der Waals surface area contributed by atoms with Crippen molar-refractivity contribution in [3.63, 3.8) is 0 Å². The summed E-state index contributed by atoms with van der Waals surface area (Å²) in [5, 5.41) is 0.975. The Kier molecular flexibility index (Phi) is 3.52. The molecule has 0 fully saturated rings. The maximum atomic E-state index is 11.8. The van der Waals surface area contributed by atoms with Gasteiger partial charge in [-0.15, -0.1) is 11.3 Å². The molecular formula is C15H13NO3S. The average molecular weight is 287 g/mol. The Morgan fingerprint density at radius 1 is 1.35 bits per heavy atom. The summed E-state index contributed by atoms with van der Waals surface area (Å²) >= 11 is 1.63. The summed E-state index contributed by atoms with van der Waals surface area (Å²) in [5.41, 5.74) is 1.47. The van der Waals surface area contributed by atoms with E-state index in [2.05, 4.69) is 4.98 Å². The summed E-state index contributed by atoms with van der Waals surface area (Å²) < 4.78 is 11.5. The minimum atomic E-state index is -0.350. The highest BCUT2D eigenvalue weighted by Crippen LogP contribution is 2.21. The molecule has 0 aliphatic rings. The lowest BCUT2D eigenvalue weighted by molar-refractivity contribution is 0.0507. The third kappa shape index (κ3) is 2.58. The van der Waals surface area contributed by atoms with Crippen LogP contribution in [0.15, 0.2) is 41.0 Å². The standard InChI is InChI=1S/C15H13NO3S/c1-10-11(6-8-18-10)15(17)19-9-7-14-16-12-4-2-3-5-13(12)20-14/h2-6,8H,7,9H2,1H3. The van der Waals surface area contributed by atoms with E-state index in [1.165, 1.54) is 6.26 Å². The number of aromatic nitrogens is 1. The number of carbonyl (C=O) groups is 1. The van der Waals surface area contributed by atoms with Gasteiger partial charge >= 0.3 is 5.97 Å². The number of ether oxygens (including phenoxy) is 1. The van der Waals surface area contributed by atoms with E-state index in [9.17, 15) is 4.79 Å². The largest absolute Gasteiger partial charge is 0.469 e. The topological polar surface area (TPSA) is 52.3 Å². The molecule has 0 unspecified atom stereocenters. The number of thiazole rings is 1. The number of para-hydroxylation sites is 1. The molecule has 5 heteroatoms. The number of nitrogens with zero attached hydrogens (tertiary/aromatic N) is 1. The Balaban J connectivity index is 1.60. The number of hydrogen-bond acceptors (Lipinski definition) is 5. The van der Waals surface area contributed by atoms with Gasteiger partial charge in [0, 0.05) is 6.42 Å². The first-order chi connectivity index (χ1) is 9.74. The van der Waals surface area contributed by atoms with Crippen LogP contribution in [-0.2, 0) is 11.2 Å². The van der Waals surface area contributed by atoms with Crippen LogP contribution in [0.25, 0.3) is 10.2 Å². The van der Waals surface area contributed by atoms with Crippen LogP contribution >= 0.6 is 11.3 Å². The molecule has 3 aromatic rings. The van der Waals surface area contributed by atoms with Crippen molar-refractivity contribution in [2.45, 2.75) is 13.3 Å². The molecule has 3 rings (SSSR count). The molecular weight excluding hydrogens is 274 g/mol. The van der Waals surface area contributed by atoms with Gasteiger partial charge in [-0.3, -0.25) is 0 Å². The summed E-state index contributed by atoms with van der Waals surface area (Å²) in [6.45, 7) is 2.06. The zero-order valence-electron chi connectivity index (χ0n) is 11.0. The molecule has 1 aromatic carbocycles. The van der Waals surface area contributed by atoms with Crippen molar-refractivity contribution >= 4 is 27.5 Å². The van der Waals surface area contributed by atoms with Crippen molar-refractivity contribution in [2.75, 3.05) is 6.61 Å². The molecule has 0 spiro atoms. The molecule has 20 heavy (non-hydrogen) atoms. The van der Waals surface area contributed by atoms with Gasteiger partial charge in [-0.1, -0.05) is 12.1 Å². The molecule has 0 bridgehead atoms. The van der Waals surface area contributed by atoms with Crippen LogP contribution in [0.2, 0.25) is 0 Å². The van der Waals surface area contributed by atoms with E-state index in [1.807, 2.05) is 24.3 Å². The molecule has 0 radical (unpaired) electrons. The number of esters is 1. The van der Waals surface area contributed by atoms with Gasteiger partial charge in [0.15, 0.2) is 0 Å². The number of fused-ring (bicyclic) bond motifs is 1. The molecule has 0 saturated carbocycles. The van der Waals surface area contributed by atoms with E-state index in [0.717, 1.165) is 15.2 Å². The lowest BCUT2D eigenvalue weighted by Gasteiger charge is -2.01. The predicted octanol–water partition coefficient (Wildman–Crippen LogP) is 3.60. The van der Waals surface area contributed by atoms with Crippen molar-refractivity contribution in [2.24, 2.45) is 0 Å². The molecule has 0 amide bonds. The summed E-state index contributed by atoms with van der Waals surface area (Å²) in [6.07, 6.45) is 2.11. The molecule has 0 N–H and O–H groups in total. The predicted molar refractivity (Wildman–Crippen MR) is 77.1 cm³/mol. The Morgan fingerprint density at radius 2 is 2.20 bits per heavy atom.